The molecule has 0 aliphatic heterocycles. The van der Waals surface area contributed by atoms with Gasteiger partial charge in [0.2, 0.25) is 0 Å². The van der Waals surface area contributed by atoms with E-state index in [0.29, 0.717) is 44.3 Å². The highest BCUT2D eigenvalue weighted by atomic mass is 35.5. The molecule has 1 N–H and O–H groups in total. The lowest BCUT2D eigenvalue weighted by Crippen LogP contribution is -2.24. The Labute approximate surface area is 211 Å². The molecule has 0 aliphatic rings. The Morgan fingerprint density at radius 1 is 0.882 bits per heavy atom. The Balaban J connectivity index is 1.59. The number of hydrazone groups is 1. The van der Waals surface area contributed by atoms with Crippen molar-refractivity contribution in [1.29, 1.82) is 0 Å². The fourth-order valence-electron chi connectivity index (χ4n) is 2.65. The van der Waals surface area contributed by atoms with E-state index in [0.717, 1.165) is 0 Å². The van der Waals surface area contributed by atoms with E-state index < -0.39 is 11.9 Å². The van der Waals surface area contributed by atoms with Gasteiger partial charge in [0.25, 0.3) is 5.91 Å². The zero-order valence-corrected chi connectivity index (χ0v) is 20.2. The molecular formula is C24H19Cl3N2O5. The Kier molecular flexibility index (Phi) is 9.16. The van der Waals surface area contributed by atoms with Crippen molar-refractivity contribution in [3.63, 3.8) is 0 Å². The van der Waals surface area contributed by atoms with Crippen molar-refractivity contribution in [1.82, 2.24) is 5.43 Å². The predicted octanol–water partition coefficient (Wildman–Crippen LogP) is 5.79. The van der Waals surface area contributed by atoms with E-state index in [1.165, 1.54) is 12.3 Å². The molecule has 0 spiro atoms. The Morgan fingerprint density at radius 2 is 1.59 bits per heavy atom. The fraction of sp³-hybridized carbons (Fsp3) is 0.125. The van der Waals surface area contributed by atoms with Crippen molar-refractivity contribution >= 4 is 52.9 Å². The summed E-state index contributed by atoms with van der Waals surface area (Å²) in [6.45, 7) is 1.87. The minimum absolute atomic E-state index is 0.247. The third-order valence-electron chi connectivity index (χ3n) is 4.21. The molecule has 0 unspecified atom stereocenters. The highest BCUT2D eigenvalue weighted by Gasteiger charge is 2.13. The van der Waals surface area contributed by atoms with Crippen molar-refractivity contribution < 1.29 is 23.8 Å². The lowest BCUT2D eigenvalue weighted by molar-refractivity contribution is -0.123. The zero-order chi connectivity index (χ0) is 24.5. The minimum Gasteiger partial charge on any atom is -0.490 e. The molecule has 0 fully saturated rings. The number of carbonyl (C=O) groups is 2. The number of benzene rings is 3. The molecule has 0 bridgehead atoms. The van der Waals surface area contributed by atoms with E-state index in [1.54, 1.807) is 61.5 Å². The highest BCUT2D eigenvalue weighted by Crippen LogP contribution is 2.29. The molecule has 0 aliphatic carbocycles. The quantitative estimate of drug-likeness (QED) is 0.167. The average molecular weight is 522 g/mol. The third kappa shape index (κ3) is 7.38. The van der Waals surface area contributed by atoms with Gasteiger partial charge in [-0.15, -0.1) is 0 Å². The normalized spacial score (nSPS) is 10.7. The van der Waals surface area contributed by atoms with E-state index >= 15 is 0 Å². The van der Waals surface area contributed by atoms with Gasteiger partial charge >= 0.3 is 5.97 Å². The van der Waals surface area contributed by atoms with Crippen LogP contribution in [0.4, 0.5) is 0 Å². The van der Waals surface area contributed by atoms with Crippen LogP contribution in [0.25, 0.3) is 0 Å². The standard InChI is InChI=1S/C24H19Cl3N2O5/c1-2-32-22-11-15(3-9-21(22)34-24(31)16-4-6-17(25)7-5-16)13-28-29-23(30)14-33-20-10-8-18(26)12-19(20)27/h3-13H,2,14H2,1H3,(H,29,30)/b28-13-. The Morgan fingerprint density at radius 3 is 2.29 bits per heavy atom. The van der Waals surface area contributed by atoms with Crippen LogP contribution in [0, 0.1) is 0 Å². The first-order valence-electron chi connectivity index (χ1n) is 10.00. The van der Waals surface area contributed by atoms with Gasteiger partial charge in [0.15, 0.2) is 18.1 Å². The van der Waals surface area contributed by atoms with Gasteiger partial charge in [-0.2, -0.15) is 5.10 Å². The number of ether oxygens (including phenoxy) is 3. The van der Waals surface area contributed by atoms with Gasteiger partial charge in [0.05, 0.1) is 23.4 Å². The summed E-state index contributed by atoms with van der Waals surface area (Å²) >= 11 is 17.7. The lowest BCUT2D eigenvalue weighted by Gasteiger charge is -2.11. The van der Waals surface area contributed by atoms with Crippen LogP contribution < -0.4 is 19.6 Å². The Bertz CT molecular complexity index is 1200. The number of rotatable bonds is 9. The summed E-state index contributed by atoms with van der Waals surface area (Å²) in [4.78, 5) is 24.4. The highest BCUT2D eigenvalue weighted by molar-refractivity contribution is 6.35. The number of hydrogen-bond donors (Lipinski definition) is 1. The number of nitrogens with one attached hydrogen (secondary N) is 1. The van der Waals surface area contributed by atoms with Gasteiger partial charge in [-0.1, -0.05) is 34.8 Å². The van der Waals surface area contributed by atoms with Gasteiger partial charge in [-0.05, 0) is 73.2 Å². The maximum absolute atomic E-state index is 12.4. The maximum Gasteiger partial charge on any atom is 0.343 e. The molecule has 3 aromatic rings. The predicted molar refractivity (Wildman–Crippen MR) is 132 cm³/mol. The first kappa shape index (κ1) is 25.4. The molecule has 176 valence electrons. The summed E-state index contributed by atoms with van der Waals surface area (Å²) in [5.41, 5.74) is 3.31. The minimum atomic E-state index is -0.549. The molecule has 3 rings (SSSR count). The van der Waals surface area contributed by atoms with Gasteiger partial charge in [-0.3, -0.25) is 4.79 Å². The molecule has 34 heavy (non-hydrogen) atoms. The molecule has 3 aromatic carbocycles. The van der Waals surface area contributed by atoms with Gasteiger partial charge in [0.1, 0.15) is 5.75 Å². The average Bonchev–Trinajstić information content (AvgIpc) is 2.80. The van der Waals surface area contributed by atoms with Crippen molar-refractivity contribution in [3.05, 3.63) is 86.9 Å². The SMILES string of the molecule is CCOc1cc(/C=N\NC(=O)COc2ccc(Cl)cc2Cl)ccc1OC(=O)c1ccc(Cl)cc1. The summed E-state index contributed by atoms with van der Waals surface area (Å²) in [6, 6.07) is 15.9. The van der Waals surface area contributed by atoms with Crippen LogP contribution in [0.3, 0.4) is 0 Å². The molecular weight excluding hydrogens is 503 g/mol. The first-order valence-corrected chi connectivity index (χ1v) is 11.1. The van der Waals surface area contributed by atoms with Crippen molar-refractivity contribution in [2.75, 3.05) is 13.2 Å². The number of halogens is 3. The second-order valence-corrected chi connectivity index (χ2v) is 7.97. The molecule has 1 amide bonds. The van der Waals surface area contributed by atoms with E-state index in [4.69, 9.17) is 49.0 Å². The molecule has 0 saturated carbocycles. The molecule has 0 atom stereocenters. The molecule has 0 radical (unpaired) electrons. The van der Waals surface area contributed by atoms with E-state index in [2.05, 4.69) is 10.5 Å². The van der Waals surface area contributed by atoms with Gasteiger partial charge in [-0.25, -0.2) is 10.2 Å². The smallest absolute Gasteiger partial charge is 0.343 e. The number of carbonyl (C=O) groups excluding carboxylic acids is 2. The van der Waals surface area contributed by atoms with Crippen LogP contribution >= 0.6 is 34.8 Å². The maximum atomic E-state index is 12.4. The van der Waals surface area contributed by atoms with E-state index in [9.17, 15) is 9.59 Å². The number of nitrogens with zero attached hydrogens (tertiary/aromatic N) is 1. The van der Waals surface area contributed by atoms with Crippen molar-refractivity contribution in [2.24, 2.45) is 5.10 Å². The van der Waals surface area contributed by atoms with Crippen molar-refractivity contribution in [2.45, 2.75) is 6.92 Å². The van der Waals surface area contributed by atoms with Crippen LogP contribution in [0.15, 0.2) is 65.8 Å². The molecule has 0 heterocycles. The Hall–Kier alpha value is -3.26. The molecule has 7 nitrogen and oxygen atoms in total. The second kappa shape index (κ2) is 12.3. The topological polar surface area (TPSA) is 86.2 Å². The summed E-state index contributed by atoms with van der Waals surface area (Å²) in [5, 5.41) is 5.18. The number of esters is 1. The monoisotopic (exact) mass is 520 g/mol. The summed E-state index contributed by atoms with van der Waals surface area (Å²) in [6.07, 6.45) is 1.42. The second-order valence-electron chi connectivity index (χ2n) is 6.69. The van der Waals surface area contributed by atoms with Crippen LogP contribution in [0.1, 0.15) is 22.8 Å². The first-order chi connectivity index (χ1) is 16.4. The van der Waals surface area contributed by atoms with Crippen LogP contribution in [-0.2, 0) is 4.79 Å². The summed E-state index contributed by atoms with van der Waals surface area (Å²) < 4.78 is 16.4. The van der Waals surface area contributed by atoms with E-state index in [-0.39, 0.29) is 12.4 Å². The molecule has 10 heteroatoms. The molecule has 0 saturated heterocycles. The fourth-order valence-corrected chi connectivity index (χ4v) is 3.24. The largest absolute Gasteiger partial charge is 0.490 e. The third-order valence-corrected chi connectivity index (χ3v) is 4.99. The summed E-state index contributed by atoms with van der Waals surface area (Å²) in [7, 11) is 0. The van der Waals surface area contributed by atoms with E-state index in [1.807, 2.05) is 0 Å². The van der Waals surface area contributed by atoms with Crippen molar-refractivity contribution in [3.8, 4) is 17.2 Å². The number of amides is 1. The van der Waals surface area contributed by atoms with Crippen LogP contribution in [-0.4, -0.2) is 31.3 Å². The van der Waals surface area contributed by atoms with Gasteiger partial charge in [0, 0.05) is 10.0 Å². The number of hydrogen-bond acceptors (Lipinski definition) is 6. The summed E-state index contributed by atoms with van der Waals surface area (Å²) in [5.74, 6) is -0.111. The molecule has 0 aromatic heterocycles. The van der Waals surface area contributed by atoms with Crippen LogP contribution in [0.2, 0.25) is 15.1 Å². The zero-order valence-electron chi connectivity index (χ0n) is 17.9. The lowest BCUT2D eigenvalue weighted by atomic mass is 10.2. The van der Waals surface area contributed by atoms with Crippen LogP contribution in [0.5, 0.6) is 17.2 Å². The van der Waals surface area contributed by atoms with Gasteiger partial charge < -0.3 is 14.2 Å².